The second-order valence-corrected chi connectivity index (χ2v) is 30.3. The summed E-state index contributed by atoms with van der Waals surface area (Å²) in [6, 6.07) is 63.9. The standard InChI is InChI=1S/C34H40N2O.C32H36N2O.C25H26FN3O3/c1-25-12-16-28(17-13-25)29-19-18-27-8-7-9-30(23-31(27)22-29)34(37)35-32-20-14-26(15-21-32)24-36(2,3)33-10-5-4-6-11-33;35-32(28-17-15-26(16-18-28)25-10-4-3-5-11-25)14-6-1-2-9-21-34-22-19-27(20-23-34)30-24-33-31-13-8-7-12-29(30)31;1-16-3-8-22-20(15-16)25(32-24(30)28-22)10-13-29(14-11-25)12-9-21-17(2)31-23(27-21)18-4-6-19(26)7-5-18/h12-23,33H,4-11,24H2,1-3H3;3-5,7-8,10-13,15-18,24,27,33H,1-2,6,9,14,19-23H2;3-8,15H,9-14H2,1-2H3,(H,28,30)/p+1. The summed E-state index contributed by atoms with van der Waals surface area (Å²) >= 11 is 0. The van der Waals surface area contributed by atoms with Gasteiger partial charge in [0.25, 0.3) is 5.91 Å². The first-order valence-electron chi connectivity index (χ1n) is 38.2. The number of carbonyl (C=O) groups is 3. The van der Waals surface area contributed by atoms with Crippen molar-refractivity contribution < 1.29 is 32.4 Å². The summed E-state index contributed by atoms with van der Waals surface area (Å²) in [5.41, 5.74) is 19.4. The fourth-order valence-corrected chi connectivity index (χ4v) is 16.2. The maximum absolute atomic E-state index is 13.3. The number of benzene rings is 8. The number of likely N-dealkylation sites (tertiary alicyclic amines) is 2. The van der Waals surface area contributed by atoms with E-state index in [-0.39, 0.29) is 23.6 Å². The van der Waals surface area contributed by atoms with E-state index in [1.165, 1.54) is 145 Å². The molecule has 1 saturated carbocycles. The highest BCUT2D eigenvalue weighted by atomic mass is 19.1. The Hall–Kier alpha value is -9.53. The van der Waals surface area contributed by atoms with Crippen LogP contribution in [-0.2, 0) is 34.5 Å². The fraction of sp³-hybridized carbons (Fsp3) is 0.363. The summed E-state index contributed by atoms with van der Waals surface area (Å²) in [7, 11) is 4.73. The highest BCUT2D eigenvalue weighted by Crippen LogP contribution is 2.44. The highest BCUT2D eigenvalue weighted by molar-refractivity contribution is 6.07. The van der Waals surface area contributed by atoms with Crippen LogP contribution in [0.15, 0.2) is 204 Å². The molecular weight excluding hydrogens is 1290 g/mol. The maximum Gasteiger partial charge on any atom is 0.412 e. The molecule has 2 aliphatic carbocycles. The number of aromatic nitrogens is 2. The molecule has 13 heteroatoms. The Balaban J connectivity index is 0.000000139. The van der Waals surface area contributed by atoms with E-state index in [1.54, 1.807) is 12.1 Å². The van der Waals surface area contributed by atoms with Crippen LogP contribution in [-0.4, -0.2) is 101 Å². The van der Waals surface area contributed by atoms with E-state index in [0.717, 1.165) is 144 Å². The van der Waals surface area contributed by atoms with Crippen LogP contribution in [0.4, 0.5) is 20.6 Å². The van der Waals surface area contributed by atoms with Gasteiger partial charge in [-0.25, -0.2) is 14.2 Å². The molecule has 3 N–H and O–H groups in total. The number of halogens is 1. The lowest BCUT2D eigenvalue weighted by Crippen LogP contribution is -2.48. The molecule has 104 heavy (non-hydrogen) atoms. The second kappa shape index (κ2) is 33.9. The number of aryl methyl sites for hydroxylation is 4. The summed E-state index contributed by atoms with van der Waals surface area (Å²) in [4.78, 5) is 51.1. The molecule has 3 aliphatic heterocycles. The number of ether oxygens (including phenoxy) is 1. The molecule has 12 nitrogen and oxygen atoms in total. The Morgan fingerprint density at radius 2 is 1.31 bits per heavy atom. The number of amides is 2. The van der Waals surface area contributed by atoms with Crippen LogP contribution in [0.5, 0.6) is 0 Å². The molecule has 8 aromatic carbocycles. The number of hydrogen-bond acceptors (Lipinski definition) is 8. The lowest BCUT2D eigenvalue weighted by atomic mass is 9.81. The summed E-state index contributed by atoms with van der Waals surface area (Å²) in [5.74, 6) is 1.98. The molecule has 0 unspecified atom stereocenters. The zero-order valence-corrected chi connectivity index (χ0v) is 61.6. The average molecular weight is 1390 g/mol. The molecule has 0 bridgehead atoms. The number of rotatable bonds is 20. The first-order valence-corrected chi connectivity index (χ1v) is 38.2. The summed E-state index contributed by atoms with van der Waals surface area (Å²) in [5, 5.41) is 7.39. The quantitative estimate of drug-likeness (QED) is 0.0390. The van der Waals surface area contributed by atoms with Crippen molar-refractivity contribution in [3.05, 3.63) is 262 Å². The number of aromatic amines is 1. The molecule has 5 aliphatic rings. The zero-order valence-electron chi connectivity index (χ0n) is 61.6. The minimum absolute atomic E-state index is 0.0136. The summed E-state index contributed by atoms with van der Waals surface area (Å²) < 4.78 is 25.9. The number of carbonyl (C=O) groups excluding carboxylic acids is 3. The number of piperidine rings is 2. The van der Waals surface area contributed by atoms with Gasteiger partial charge in [0.1, 0.15) is 23.7 Å². The van der Waals surface area contributed by atoms with Crippen molar-refractivity contribution in [2.45, 2.75) is 160 Å². The number of oxazole rings is 1. The maximum atomic E-state index is 13.3. The lowest BCUT2D eigenvalue weighted by molar-refractivity contribution is -0.929. The molecule has 1 spiro atoms. The number of nitrogens with zero attached hydrogens (tertiary/aromatic N) is 4. The Morgan fingerprint density at radius 1 is 0.644 bits per heavy atom. The van der Waals surface area contributed by atoms with Crippen LogP contribution in [0.3, 0.4) is 0 Å². The van der Waals surface area contributed by atoms with Gasteiger partial charge in [-0.3, -0.25) is 14.9 Å². The number of fused-ring (bicyclic) bond motifs is 4. The molecular formula is C91H103FN7O5+. The molecule has 2 aromatic heterocycles. The monoisotopic (exact) mass is 1390 g/mol. The number of para-hydroxylation sites is 1. The van der Waals surface area contributed by atoms with Gasteiger partial charge in [-0.05, 0) is 223 Å². The predicted octanol–water partition coefficient (Wildman–Crippen LogP) is 21.0. The molecule has 15 rings (SSSR count). The van der Waals surface area contributed by atoms with Crippen molar-refractivity contribution in [2.24, 2.45) is 0 Å². The third kappa shape index (κ3) is 18.5. The van der Waals surface area contributed by atoms with Crippen LogP contribution < -0.4 is 10.6 Å². The molecule has 2 saturated heterocycles. The molecule has 0 radical (unpaired) electrons. The molecule has 2 amide bonds. The van der Waals surface area contributed by atoms with E-state index in [0.29, 0.717) is 18.2 Å². The van der Waals surface area contributed by atoms with Gasteiger partial charge in [0.15, 0.2) is 5.78 Å². The van der Waals surface area contributed by atoms with Crippen LogP contribution in [0.2, 0.25) is 0 Å². The van der Waals surface area contributed by atoms with Gasteiger partial charge in [-0.1, -0.05) is 158 Å². The second-order valence-electron chi connectivity index (χ2n) is 30.3. The van der Waals surface area contributed by atoms with Gasteiger partial charge >= 0.3 is 6.09 Å². The number of unbranched alkanes of at least 4 members (excludes halogenated alkanes) is 3. The summed E-state index contributed by atoms with van der Waals surface area (Å²) in [6.45, 7) is 13.2. The molecule has 538 valence electrons. The van der Waals surface area contributed by atoms with Crippen molar-refractivity contribution in [3.63, 3.8) is 0 Å². The van der Waals surface area contributed by atoms with Crippen molar-refractivity contribution in [2.75, 3.05) is 64.0 Å². The van der Waals surface area contributed by atoms with E-state index in [4.69, 9.17) is 9.15 Å². The van der Waals surface area contributed by atoms with Crippen LogP contribution in [0.25, 0.3) is 50.7 Å². The largest absolute Gasteiger partial charge is 0.441 e. The van der Waals surface area contributed by atoms with E-state index in [2.05, 4.69) is 192 Å². The van der Waals surface area contributed by atoms with Gasteiger partial charge in [0.2, 0.25) is 5.89 Å². The van der Waals surface area contributed by atoms with Gasteiger partial charge in [0.05, 0.1) is 31.5 Å². The van der Waals surface area contributed by atoms with Crippen LogP contribution >= 0.6 is 0 Å². The van der Waals surface area contributed by atoms with E-state index < -0.39 is 5.60 Å². The smallest absolute Gasteiger partial charge is 0.412 e. The molecule has 0 atom stereocenters. The Labute approximate surface area is 614 Å². The van der Waals surface area contributed by atoms with Crippen molar-refractivity contribution in [1.29, 1.82) is 0 Å². The third-order valence-electron chi connectivity index (χ3n) is 22.5. The van der Waals surface area contributed by atoms with Crippen molar-refractivity contribution in [1.82, 2.24) is 19.8 Å². The zero-order chi connectivity index (χ0) is 72.0. The normalized spacial score (nSPS) is 16.3. The number of hydrogen-bond donors (Lipinski definition) is 3. The lowest BCUT2D eigenvalue weighted by Gasteiger charge is -2.44. The SMILES string of the molecule is Cc1ccc(-c2ccc3c(c2)C=C(C(=O)Nc2ccc(C[N+](C)(C)C4CCCCC4)cc2)CCC3)cc1.Cc1ccc2c(c1)C1(CCN(CCc3nc(-c4ccc(F)cc4)oc3C)CC1)OC(=O)N2.O=C(CCCCCCN1CCC(c2c[nH]c3ccccc23)CC1)c1ccc(-c2ccccc2)cc1. The number of anilines is 2. The van der Waals surface area contributed by atoms with Crippen LogP contribution in [0.1, 0.15) is 169 Å². The minimum Gasteiger partial charge on any atom is -0.441 e. The van der Waals surface area contributed by atoms with E-state index in [1.807, 2.05) is 49.4 Å². The topological polar surface area (TPSA) is 133 Å². The van der Waals surface area contributed by atoms with Gasteiger partial charge in [-0.2, -0.15) is 0 Å². The van der Waals surface area contributed by atoms with Crippen molar-refractivity contribution >= 4 is 46.1 Å². The first kappa shape index (κ1) is 72.8. The van der Waals surface area contributed by atoms with Crippen LogP contribution in [0, 0.1) is 26.6 Å². The Bertz CT molecular complexity index is 4550. The van der Waals surface area contributed by atoms with Gasteiger partial charge in [-0.15, -0.1) is 0 Å². The average Bonchev–Trinajstić information content (AvgIpc) is 0.949. The molecule has 5 heterocycles. The number of ketones is 1. The summed E-state index contributed by atoms with van der Waals surface area (Å²) in [6.07, 6.45) is 23.6. The Kier molecular flexibility index (Phi) is 23.8. The van der Waals surface area contributed by atoms with Crippen molar-refractivity contribution in [3.8, 4) is 33.7 Å². The van der Waals surface area contributed by atoms with E-state index >= 15 is 0 Å². The fourth-order valence-electron chi connectivity index (χ4n) is 16.2. The first-order chi connectivity index (χ1) is 50.6. The minimum atomic E-state index is -0.556. The predicted molar refractivity (Wildman–Crippen MR) is 420 cm³/mol. The van der Waals surface area contributed by atoms with Gasteiger partial charge < -0.3 is 33.7 Å². The number of Topliss-reactive ketones (excluding diaryl/α,β-unsaturated/α-hetero) is 1. The number of H-pyrrole nitrogens is 1. The molecule has 10 aromatic rings. The van der Waals surface area contributed by atoms with Gasteiger partial charge in [0, 0.05) is 95.9 Å². The van der Waals surface area contributed by atoms with E-state index in [9.17, 15) is 18.8 Å². The third-order valence-corrected chi connectivity index (χ3v) is 22.5. The number of quaternary nitrogens is 1. The Morgan fingerprint density at radius 3 is 2.07 bits per heavy atom. The highest BCUT2D eigenvalue weighted by Gasteiger charge is 2.44. The molecule has 3 fully saturated rings. The number of nitrogens with one attached hydrogen (secondary N) is 3.